The number of nitrogens with zero attached hydrogens (tertiary/aromatic N) is 5. The van der Waals surface area contributed by atoms with Gasteiger partial charge in [-0.25, -0.2) is 14.8 Å². The number of carbonyl (C=O) groups is 2. The molecule has 0 radical (unpaired) electrons. The SMILES string of the molecule is CN(NC(=O)c1csc(C2CCN(C(=O)NCCC3=CCCCC3)CC2)n1)c1cnc2ccccc2n1. The second-order valence-electron chi connectivity index (χ2n) is 9.64. The maximum atomic E-state index is 12.8. The van der Waals surface area contributed by atoms with Crippen molar-refractivity contribution in [1.82, 2.24) is 30.6 Å². The van der Waals surface area contributed by atoms with Crippen LogP contribution in [0.2, 0.25) is 0 Å². The van der Waals surface area contributed by atoms with Crippen LogP contribution in [0.5, 0.6) is 0 Å². The van der Waals surface area contributed by atoms with E-state index < -0.39 is 0 Å². The number of benzene rings is 1. The lowest BCUT2D eigenvalue weighted by Crippen LogP contribution is -2.44. The number of thiazole rings is 1. The third kappa shape index (κ3) is 6.25. The van der Waals surface area contributed by atoms with E-state index >= 15 is 0 Å². The zero-order chi connectivity index (χ0) is 25.6. The van der Waals surface area contributed by atoms with Crippen molar-refractivity contribution >= 4 is 40.1 Å². The van der Waals surface area contributed by atoms with Gasteiger partial charge in [0.25, 0.3) is 5.91 Å². The molecule has 10 heteroatoms. The first-order valence-electron chi connectivity index (χ1n) is 13.0. The summed E-state index contributed by atoms with van der Waals surface area (Å²) < 4.78 is 0. The number of aromatic nitrogens is 3. The van der Waals surface area contributed by atoms with E-state index in [1.807, 2.05) is 29.2 Å². The molecule has 0 unspecified atom stereocenters. The Morgan fingerprint density at radius 3 is 2.73 bits per heavy atom. The third-order valence-electron chi connectivity index (χ3n) is 7.04. The Balaban J connectivity index is 1.09. The monoisotopic (exact) mass is 519 g/mol. The minimum absolute atomic E-state index is 0.0221. The Hall–Kier alpha value is -3.53. The number of amides is 3. The molecule has 1 saturated heterocycles. The van der Waals surface area contributed by atoms with E-state index in [2.05, 4.69) is 31.8 Å². The lowest BCUT2D eigenvalue weighted by atomic mass is 9.97. The maximum absolute atomic E-state index is 12.8. The van der Waals surface area contributed by atoms with Crippen molar-refractivity contribution in [2.24, 2.45) is 0 Å². The maximum Gasteiger partial charge on any atom is 0.317 e. The molecule has 5 rings (SSSR count). The molecule has 0 atom stereocenters. The van der Waals surface area contributed by atoms with Gasteiger partial charge >= 0.3 is 6.03 Å². The van der Waals surface area contributed by atoms with Crippen LogP contribution in [-0.2, 0) is 0 Å². The predicted molar refractivity (Wildman–Crippen MR) is 146 cm³/mol. The number of hydrogen-bond donors (Lipinski definition) is 2. The highest BCUT2D eigenvalue weighted by Crippen LogP contribution is 2.30. The average molecular weight is 520 g/mol. The fourth-order valence-electron chi connectivity index (χ4n) is 4.86. The Morgan fingerprint density at radius 1 is 1.14 bits per heavy atom. The molecule has 1 aromatic carbocycles. The zero-order valence-corrected chi connectivity index (χ0v) is 22.0. The molecule has 9 nitrogen and oxygen atoms in total. The molecule has 1 fully saturated rings. The van der Waals surface area contributed by atoms with Crippen LogP contribution in [0.4, 0.5) is 10.6 Å². The fourth-order valence-corrected chi connectivity index (χ4v) is 5.83. The van der Waals surface area contributed by atoms with Crippen LogP contribution in [-0.4, -0.2) is 58.5 Å². The van der Waals surface area contributed by atoms with Crippen LogP contribution >= 0.6 is 11.3 Å². The highest BCUT2D eigenvalue weighted by Gasteiger charge is 2.26. The number of para-hydroxylation sites is 2. The standard InChI is InChI=1S/C27H33N7O2S/c1-33(24-17-29-21-9-5-6-10-22(21)30-24)32-25(35)23-18-37-26(31-23)20-12-15-34(16-13-20)27(36)28-14-11-19-7-3-2-4-8-19/h5-7,9-10,17-18,20H,2-4,8,11-16H2,1H3,(H,28,36)(H,32,35). The van der Waals surface area contributed by atoms with Gasteiger partial charge < -0.3 is 10.2 Å². The van der Waals surface area contributed by atoms with Gasteiger partial charge in [0.05, 0.1) is 22.2 Å². The van der Waals surface area contributed by atoms with E-state index in [1.165, 1.54) is 42.6 Å². The van der Waals surface area contributed by atoms with Crippen LogP contribution in [0.1, 0.15) is 66.4 Å². The summed E-state index contributed by atoms with van der Waals surface area (Å²) in [4.78, 5) is 40.9. The van der Waals surface area contributed by atoms with Crippen LogP contribution in [0.15, 0.2) is 47.5 Å². The predicted octanol–water partition coefficient (Wildman–Crippen LogP) is 4.65. The number of hydrogen-bond acceptors (Lipinski definition) is 7. The van der Waals surface area contributed by atoms with Crippen molar-refractivity contribution in [3.8, 4) is 0 Å². The van der Waals surface area contributed by atoms with E-state index in [0.29, 0.717) is 31.1 Å². The lowest BCUT2D eigenvalue weighted by Gasteiger charge is -2.31. The molecule has 0 saturated carbocycles. The van der Waals surface area contributed by atoms with Crippen molar-refractivity contribution in [2.75, 3.05) is 31.7 Å². The third-order valence-corrected chi connectivity index (χ3v) is 8.05. The van der Waals surface area contributed by atoms with Crippen LogP contribution < -0.4 is 15.8 Å². The van der Waals surface area contributed by atoms with Gasteiger partial charge in [-0.2, -0.15) is 0 Å². The molecular formula is C27H33N7O2S. The number of piperidine rings is 1. The average Bonchev–Trinajstić information content (AvgIpc) is 3.44. The Kier molecular flexibility index (Phi) is 7.93. The van der Waals surface area contributed by atoms with E-state index in [0.717, 1.165) is 35.3 Å². The van der Waals surface area contributed by atoms with Gasteiger partial charge in [-0.1, -0.05) is 23.8 Å². The van der Waals surface area contributed by atoms with E-state index in [-0.39, 0.29) is 17.9 Å². The van der Waals surface area contributed by atoms with Crippen LogP contribution in [0, 0.1) is 0 Å². The van der Waals surface area contributed by atoms with Gasteiger partial charge in [0.1, 0.15) is 5.69 Å². The molecular weight excluding hydrogens is 486 g/mol. The number of fused-ring (bicyclic) bond motifs is 1. The largest absolute Gasteiger partial charge is 0.338 e. The second kappa shape index (κ2) is 11.7. The number of allylic oxidation sites excluding steroid dienone is 1. The van der Waals surface area contributed by atoms with Crippen LogP contribution in [0.25, 0.3) is 11.0 Å². The van der Waals surface area contributed by atoms with Gasteiger partial charge in [-0.3, -0.25) is 20.2 Å². The number of rotatable bonds is 7. The summed E-state index contributed by atoms with van der Waals surface area (Å²) in [5.74, 6) is 0.514. The van der Waals surface area contributed by atoms with Crippen LogP contribution in [0.3, 0.4) is 0 Å². The van der Waals surface area contributed by atoms with E-state index in [4.69, 9.17) is 0 Å². The lowest BCUT2D eigenvalue weighted by molar-refractivity contribution is 0.0946. The molecule has 3 heterocycles. The first kappa shape index (κ1) is 25.1. The summed E-state index contributed by atoms with van der Waals surface area (Å²) in [6.45, 7) is 2.10. The minimum atomic E-state index is -0.287. The molecule has 37 heavy (non-hydrogen) atoms. The molecule has 2 N–H and O–H groups in total. The summed E-state index contributed by atoms with van der Waals surface area (Å²) in [6, 6.07) is 7.63. The number of hydrazine groups is 1. The molecule has 0 bridgehead atoms. The minimum Gasteiger partial charge on any atom is -0.338 e. The van der Waals surface area contributed by atoms with E-state index in [9.17, 15) is 9.59 Å². The quantitative estimate of drug-likeness (QED) is 0.348. The summed E-state index contributed by atoms with van der Waals surface area (Å²) >= 11 is 1.50. The first-order chi connectivity index (χ1) is 18.1. The summed E-state index contributed by atoms with van der Waals surface area (Å²) in [5, 5.41) is 7.38. The molecule has 1 aliphatic carbocycles. The topological polar surface area (TPSA) is 103 Å². The first-order valence-corrected chi connectivity index (χ1v) is 13.9. The Bertz CT molecular complexity index is 1280. The number of nitrogens with one attached hydrogen (secondary N) is 2. The second-order valence-corrected chi connectivity index (χ2v) is 10.5. The summed E-state index contributed by atoms with van der Waals surface area (Å²) in [5.41, 5.74) is 6.26. The Morgan fingerprint density at radius 2 is 1.95 bits per heavy atom. The highest BCUT2D eigenvalue weighted by atomic mass is 32.1. The number of carbonyl (C=O) groups excluding carboxylic acids is 2. The molecule has 194 valence electrons. The molecule has 2 aromatic heterocycles. The summed E-state index contributed by atoms with van der Waals surface area (Å²) in [7, 11) is 1.73. The molecule has 0 spiro atoms. The van der Waals surface area contributed by atoms with Gasteiger partial charge in [-0.15, -0.1) is 11.3 Å². The van der Waals surface area contributed by atoms with Crippen molar-refractivity contribution in [3.05, 3.63) is 58.2 Å². The van der Waals surface area contributed by atoms with Gasteiger partial charge in [0.15, 0.2) is 5.82 Å². The normalized spacial score (nSPS) is 16.4. The highest BCUT2D eigenvalue weighted by molar-refractivity contribution is 7.09. The zero-order valence-electron chi connectivity index (χ0n) is 21.2. The molecule has 3 aromatic rings. The Labute approximate surface area is 221 Å². The van der Waals surface area contributed by atoms with Gasteiger partial charge in [-0.05, 0) is 57.1 Å². The number of urea groups is 1. The van der Waals surface area contributed by atoms with Gasteiger partial charge in [0, 0.05) is 38.0 Å². The summed E-state index contributed by atoms with van der Waals surface area (Å²) in [6.07, 6.45) is 11.5. The van der Waals surface area contributed by atoms with Crippen molar-refractivity contribution in [3.63, 3.8) is 0 Å². The fraction of sp³-hybridized carbons (Fsp3) is 0.444. The molecule has 2 aliphatic rings. The number of likely N-dealkylation sites (tertiary alicyclic amines) is 1. The number of anilines is 1. The van der Waals surface area contributed by atoms with Gasteiger partial charge in [0.2, 0.25) is 0 Å². The van der Waals surface area contributed by atoms with Crippen molar-refractivity contribution < 1.29 is 9.59 Å². The van der Waals surface area contributed by atoms with Crippen molar-refractivity contribution in [1.29, 1.82) is 0 Å². The smallest absolute Gasteiger partial charge is 0.317 e. The molecule has 1 aliphatic heterocycles. The molecule has 3 amide bonds. The van der Waals surface area contributed by atoms with Crippen molar-refractivity contribution in [2.45, 2.75) is 50.9 Å². The van der Waals surface area contributed by atoms with E-state index in [1.54, 1.807) is 23.6 Å².